The van der Waals surface area contributed by atoms with Gasteiger partial charge in [0.15, 0.2) is 6.54 Å². The Hall–Kier alpha value is -1.23. The van der Waals surface area contributed by atoms with Gasteiger partial charge >= 0.3 is 0 Å². The third kappa shape index (κ3) is 5.63. The van der Waals surface area contributed by atoms with E-state index in [1.54, 1.807) is 7.11 Å². The number of carbonyl (C=O) groups excluding carboxylic acids is 1. The fraction of sp³-hybridized carbons (Fsp3) is 0.409. The van der Waals surface area contributed by atoms with E-state index in [9.17, 15) is 4.79 Å². The number of amides is 1. The molecule has 141 valence electrons. The van der Waals surface area contributed by atoms with Crippen molar-refractivity contribution in [3.05, 3.63) is 59.2 Å². The zero-order valence-electron chi connectivity index (χ0n) is 16.6. The summed E-state index contributed by atoms with van der Waals surface area (Å²) in [6.07, 6.45) is 2.39. The SMILES string of the molecule is COc1cc(C)c(NC(=O)C[N+]2(Cc3ccccc3)CCCC2)c(C)c1.[Y]. The molecule has 0 bridgehead atoms. The number of aryl methyl sites for hydroxylation is 2. The second-order valence-electron chi connectivity index (χ2n) is 7.48. The maximum Gasteiger partial charge on any atom is 0.279 e. The van der Waals surface area contributed by atoms with Crippen molar-refractivity contribution < 1.29 is 46.7 Å². The van der Waals surface area contributed by atoms with E-state index in [4.69, 9.17) is 4.74 Å². The topological polar surface area (TPSA) is 38.3 Å². The monoisotopic (exact) mass is 442 g/mol. The van der Waals surface area contributed by atoms with Gasteiger partial charge in [-0.15, -0.1) is 0 Å². The Bertz CT molecular complexity index is 748. The van der Waals surface area contributed by atoms with Crippen LogP contribution in [0.15, 0.2) is 42.5 Å². The molecule has 1 aliphatic rings. The Balaban J connectivity index is 0.00000261. The van der Waals surface area contributed by atoms with Crippen molar-refractivity contribution in [1.29, 1.82) is 0 Å². The molecule has 2 aromatic carbocycles. The molecule has 4 nitrogen and oxygen atoms in total. The smallest absolute Gasteiger partial charge is 0.279 e. The van der Waals surface area contributed by atoms with Crippen molar-refractivity contribution >= 4 is 11.6 Å². The van der Waals surface area contributed by atoms with Gasteiger partial charge in [0.05, 0.1) is 20.2 Å². The fourth-order valence-corrected chi connectivity index (χ4v) is 4.07. The number of rotatable bonds is 6. The molecule has 27 heavy (non-hydrogen) atoms. The normalized spacial score (nSPS) is 15.1. The van der Waals surface area contributed by atoms with Crippen LogP contribution in [0.5, 0.6) is 5.75 Å². The zero-order valence-corrected chi connectivity index (χ0v) is 19.5. The third-order valence-electron chi connectivity index (χ3n) is 5.36. The van der Waals surface area contributed by atoms with Gasteiger partial charge in [-0.05, 0) is 37.1 Å². The molecule has 2 aromatic rings. The second kappa shape index (κ2) is 9.81. The Kier molecular flexibility index (Phi) is 8.02. The standard InChI is InChI=1S/C22H28N2O2.Y/c1-17-13-20(26-3)14-18(2)22(17)23-21(25)16-24(11-7-8-12-24)15-19-9-5-4-6-10-19;/h4-6,9-10,13-14H,7-8,11-12,15-16H2,1-3H3;/p+1. The molecule has 0 atom stereocenters. The maximum absolute atomic E-state index is 12.9. The molecule has 0 unspecified atom stereocenters. The number of methoxy groups -OCH3 is 1. The number of hydrogen-bond donors (Lipinski definition) is 1. The summed E-state index contributed by atoms with van der Waals surface area (Å²) in [5, 5.41) is 3.16. The number of hydrogen-bond acceptors (Lipinski definition) is 2. The van der Waals surface area contributed by atoms with Crippen molar-refractivity contribution in [2.75, 3.05) is 32.1 Å². The molecule has 1 aliphatic heterocycles. The quantitative estimate of drug-likeness (QED) is 0.686. The van der Waals surface area contributed by atoms with Crippen LogP contribution in [-0.4, -0.2) is 37.1 Å². The van der Waals surface area contributed by atoms with E-state index in [1.165, 1.54) is 18.4 Å². The summed E-state index contributed by atoms with van der Waals surface area (Å²) in [6, 6.07) is 14.4. The van der Waals surface area contributed by atoms with E-state index in [-0.39, 0.29) is 38.6 Å². The van der Waals surface area contributed by atoms with Gasteiger partial charge in [0.2, 0.25) is 0 Å². The van der Waals surface area contributed by atoms with Crippen molar-refractivity contribution in [1.82, 2.24) is 0 Å². The van der Waals surface area contributed by atoms with Gasteiger partial charge in [-0.3, -0.25) is 4.79 Å². The summed E-state index contributed by atoms with van der Waals surface area (Å²) < 4.78 is 6.16. The maximum atomic E-state index is 12.9. The molecule has 1 saturated heterocycles. The van der Waals surface area contributed by atoms with Crippen LogP contribution in [0.25, 0.3) is 0 Å². The molecule has 0 aromatic heterocycles. The summed E-state index contributed by atoms with van der Waals surface area (Å²) in [7, 11) is 1.66. The number of benzene rings is 2. The zero-order chi connectivity index (χ0) is 18.6. The Morgan fingerprint density at radius 3 is 2.22 bits per heavy atom. The van der Waals surface area contributed by atoms with Crippen LogP contribution in [0, 0.1) is 13.8 Å². The number of nitrogens with zero attached hydrogens (tertiary/aromatic N) is 1. The number of nitrogens with one attached hydrogen (secondary N) is 1. The second-order valence-corrected chi connectivity index (χ2v) is 7.48. The third-order valence-corrected chi connectivity index (χ3v) is 5.36. The predicted octanol–water partition coefficient (Wildman–Crippen LogP) is 4.06. The van der Waals surface area contributed by atoms with Gasteiger partial charge in [-0.2, -0.15) is 0 Å². The van der Waals surface area contributed by atoms with Gasteiger partial charge in [-0.25, -0.2) is 0 Å². The minimum Gasteiger partial charge on any atom is -0.497 e. The van der Waals surface area contributed by atoms with E-state index >= 15 is 0 Å². The Morgan fingerprint density at radius 1 is 1.07 bits per heavy atom. The van der Waals surface area contributed by atoms with Crippen LogP contribution in [-0.2, 0) is 44.0 Å². The van der Waals surface area contributed by atoms with Gasteiger partial charge in [-0.1, -0.05) is 30.3 Å². The van der Waals surface area contributed by atoms with Crippen LogP contribution >= 0.6 is 0 Å². The first-order valence-corrected chi connectivity index (χ1v) is 9.35. The molecule has 3 rings (SSSR count). The summed E-state index contributed by atoms with van der Waals surface area (Å²) in [5.74, 6) is 0.921. The van der Waals surface area contributed by atoms with Crippen molar-refractivity contribution in [3.8, 4) is 5.75 Å². The average Bonchev–Trinajstić information content (AvgIpc) is 3.06. The summed E-state index contributed by atoms with van der Waals surface area (Å²) in [6.45, 7) is 7.62. The molecule has 1 heterocycles. The number of quaternary nitrogens is 1. The van der Waals surface area contributed by atoms with E-state index in [2.05, 4.69) is 29.6 Å². The van der Waals surface area contributed by atoms with Crippen LogP contribution in [0.3, 0.4) is 0 Å². The van der Waals surface area contributed by atoms with Crippen molar-refractivity contribution in [2.24, 2.45) is 0 Å². The Morgan fingerprint density at radius 2 is 1.67 bits per heavy atom. The number of carbonyl (C=O) groups is 1. The molecule has 5 heteroatoms. The first kappa shape index (κ1) is 22.1. The van der Waals surface area contributed by atoms with Crippen LogP contribution in [0.4, 0.5) is 5.69 Å². The first-order chi connectivity index (χ1) is 12.5. The van der Waals surface area contributed by atoms with Crippen LogP contribution in [0.1, 0.15) is 29.5 Å². The summed E-state index contributed by atoms with van der Waals surface area (Å²) in [5.41, 5.74) is 4.28. The first-order valence-electron chi connectivity index (χ1n) is 9.35. The van der Waals surface area contributed by atoms with Gasteiger partial charge in [0.1, 0.15) is 12.3 Å². The van der Waals surface area contributed by atoms with E-state index in [1.807, 2.05) is 32.0 Å². The largest absolute Gasteiger partial charge is 0.497 e. The molecule has 1 radical (unpaired) electrons. The van der Waals surface area contributed by atoms with Gasteiger partial charge in [0, 0.05) is 56.8 Å². The number of ether oxygens (including phenoxy) is 1. The minimum absolute atomic E-state index is 0. The summed E-state index contributed by atoms with van der Waals surface area (Å²) >= 11 is 0. The number of likely N-dealkylation sites (tertiary alicyclic amines) is 1. The molecule has 0 saturated carbocycles. The van der Waals surface area contributed by atoms with E-state index < -0.39 is 0 Å². The molecular formula is C22H29N2O2Y+. The molecule has 0 spiro atoms. The average molecular weight is 442 g/mol. The molecule has 0 aliphatic carbocycles. The minimum atomic E-state index is 0. The van der Waals surface area contributed by atoms with E-state index in [0.29, 0.717) is 6.54 Å². The molecule has 1 amide bonds. The van der Waals surface area contributed by atoms with Crippen LogP contribution in [0.2, 0.25) is 0 Å². The molecular weight excluding hydrogens is 413 g/mol. The van der Waals surface area contributed by atoms with Crippen molar-refractivity contribution in [3.63, 3.8) is 0 Å². The molecule has 1 N–H and O–H groups in total. The Labute approximate surface area is 187 Å². The van der Waals surface area contributed by atoms with Crippen LogP contribution < -0.4 is 10.1 Å². The number of anilines is 1. The fourth-order valence-electron chi connectivity index (χ4n) is 4.07. The van der Waals surface area contributed by atoms with Gasteiger partial charge < -0.3 is 14.5 Å². The summed E-state index contributed by atoms with van der Waals surface area (Å²) in [4.78, 5) is 12.9. The molecule has 1 fully saturated rings. The predicted molar refractivity (Wildman–Crippen MR) is 105 cm³/mol. The van der Waals surface area contributed by atoms with E-state index in [0.717, 1.165) is 46.7 Å². The van der Waals surface area contributed by atoms with Crippen molar-refractivity contribution in [2.45, 2.75) is 33.2 Å². The van der Waals surface area contributed by atoms with Gasteiger partial charge in [0.25, 0.3) is 5.91 Å².